The molecule has 0 fully saturated rings. The second-order valence-corrected chi connectivity index (χ2v) is 7.81. The minimum Gasteiger partial charge on any atom is -0.323 e. The van der Waals surface area contributed by atoms with Crippen LogP contribution in [0.25, 0.3) is 10.6 Å². The standard InChI is InChI=1S/C15H22N4S/c1-9(2)19-8-10(7-17-19)14-18-12-6-15(3,4)5-11(16)13(12)20-14/h7-9,11H,5-6,16H2,1-4H3. The fourth-order valence-corrected chi connectivity index (χ4v) is 3.91. The second kappa shape index (κ2) is 4.67. The Labute approximate surface area is 124 Å². The van der Waals surface area contributed by atoms with Crippen LogP contribution < -0.4 is 5.73 Å². The Bertz CT molecular complexity index is 624. The smallest absolute Gasteiger partial charge is 0.127 e. The molecule has 0 bridgehead atoms. The van der Waals surface area contributed by atoms with Crippen molar-refractivity contribution in [2.45, 2.75) is 52.6 Å². The maximum atomic E-state index is 6.32. The van der Waals surface area contributed by atoms with E-state index in [0.29, 0.717) is 6.04 Å². The molecular formula is C15H22N4S. The molecule has 1 unspecified atom stereocenters. The van der Waals surface area contributed by atoms with E-state index in [1.54, 1.807) is 11.3 Å². The molecule has 1 atom stereocenters. The number of nitrogens with two attached hydrogens (primary N) is 1. The zero-order valence-electron chi connectivity index (χ0n) is 12.6. The fourth-order valence-electron chi connectivity index (χ4n) is 2.85. The van der Waals surface area contributed by atoms with Crippen LogP contribution in [-0.4, -0.2) is 14.8 Å². The first-order chi connectivity index (χ1) is 9.35. The van der Waals surface area contributed by atoms with Gasteiger partial charge in [0.15, 0.2) is 0 Å². The largest absolute Gasteiger partial charge is 0.323 e. The van der Waals surface area contributed by atoms with Gasteiger partial charge in [0.2, 0.25) is 0 Å². The van der Waals surface area contributed by atoms with E-state index in [2.05, 4.69) is 39.0 Å². The van der Waals surface area contributed by atoms with Gasteiger partial charge in [-0.1, -0.05) is 13.8 Å². The predicted octanol–water partition coefficient (Wildman–Crippen LogP) is 3.56. The minimum atomic E-state index is 0.125. The molecule has 0 spiro atoms. The van der Waals surface area contributed by atoms with E-state index < -0.39 is 0 Å². The van der Waals surface area contributed by atoms with Crippen LogP contribution in [0, 0.1) is 5.41 Å². The van der Waals surface area contributed by atoms with Crippen LogP contribution >= 0.6 is 11.3 Å². The number of thiazole rings is 1. The van der Waals surface area contributed by atoms with Crippen molar-refractivity contribution >= 4 is 11.3 Å². The van der Waals surface area contributed by atoms with E-state index in [1.165, 1.54) is 10.6 Å². The first-order valence-electron chi connectivity index (χ1n) is 7.15. The van der Waals surface area contributed by atoms with Crippen molar-refractivity contribution in [3.63, 3.8) is 0 Å². The Morgan fingerprint density at radius 1 is 1.45 bits per heavy atom. The van der Waals surface area contributed by atoms with Gasteiger partial charge >= 0.3 is 0 Å². The van der Waals surface area contributed by atoms with E-state index in [-0.39, 0.29) is 11.5 Å². The maximum absolute atomic E-state index is 6.32. The van der Waals surface area contributed by atoms with Gasteiger partial charge in [0.1, 0.15) is 5.01 Å². The summed E-state index contributed by atoms with van der Waals surface area (Å²) in [5.74, 6) is 0. The number of hydrogen-bond acceptors (Lipinski definition) is 4. The molecular weight excluding hydrogens is 268 g/mol. The molecule has 1 aliphatic rings. The second-order valence-electron chi connectivity index (χ2n) is 6.78. The van der Waals surface area contributed by atoms with Crippen molar-refractivity contribution in [3.8, 4) is 10.6 Å². The Morgan fingerprint density at radius 3 is 2.85 bits per heavy atom. The van der Waals surface area contributed by atoms with Crippen molar-refractivity contribution in [2.75, 3.05) is 0 Å². The number of nitrogens with zero attached hydrogens (tertiary/aromatic N) is 3. The molecule has 20 heavy (non-hydrogen) atoms. The van der Waals surface area contributed by atoms with Crippen LogP contribution in [0.15, 0.2) is 12.4 Å². The average molecular weight is 290 g/mol. The Kier molecular flexibility index (Phi) is 3.21. The normalized spacial score (nSPS) is 21.2. The zero-order valence-corrected chi connectivity index (χ0v) is 13.4. The summed E-state index contributed by atoms with van der Waals surface area (Å²) in [6, 6.07) is 0.500. The third-order valence-corrected chi connectivity index (χ3v) is 5.14. The molecule has 108 valence electrons. The highest BCUT2D eigenvalue weighted by atomic mass is 32.1. The van der Waals surface area contributed by atoms with Crippen LogP contribution in [0.4, 0.5) is 0 Å². The van der Waals surface area contributed by atoms with Gasteiger partial charge in [-0.2, -0.15) is 5.10 Å². The zero-order chi connectivity index (χ0) is 14.5. The van der Waals surface area contributed by atoms with Crippen molar-refractivity contribution < 1.29 is 0 Å². The van der Waals surface area contributed by atoms with Gasteiger partial charge in [-0.15, -0.1) is 11.3 Å². The third-order valence-electron chi connectivity index (χ3n) is 3.86. The topological polar surface area (TPSA) is 56.7 Å². The van der Waals surface area contributed by atoms with Gasteiger partial charge in [-0.05, 0) is 32.1 Å². The molecule has 0 radical (unpaired) electrons. The summed E-state index contributed by atoms with van der Waals surface area (Å²) >= 11 is 1.73. The molecule has 4 nitrogen and oxygen atoms in total. The Hall–Kier alpha value is -1.20. The first kappa shape index (κ1) is 13.8. The lowest BCUT2D eigenvalue weighted by molar-refractivity contribution is 0.282. The van der Waals surface area contributed by atoms with E-state index in [1.807, 2.05) is 10.9 Å². The predicted molar refractivity (Wildman–Crippen MR) is 82.8 cm³/mol. The van der Waals surface area contributed by atoms with E-state index in [4.69, 9.17) is 10.7 Å². The maximum Gasteiger partial charge on any atom is 0.127 e. The van der Waals surface area contributed by atoms with Crippen molar-refractivity contribution in [3.05, 3.63) is 23.0 Å². The summed E-state index contributed by atoms with van der Waals surface area (Å²) in [5.41, 5.74) is 8.85. The molecule has 0 saturated carbocycles. The first-order valence-corrected chi connectivity index (χ1v) is 7.97. The molecule has 2 heterocycles. The van der Waals surface area contributed by atoms with Crippen LogP contribution in [0.2, 0.25) is 0 Å². The number of fused-ring (bicyclic) bond motifs is 1. The monoisotopic (exact) mass is 290 g/mol. The lowest BCUT2D eigenvalue weighted by Crippen LogP contribution is -2.28. The molecule has 2 aromatic rings. The Balaban J connectivity index is 1.97. The number of aromatic nitrogens is 3. The molecule has 2 aromatic heterocycles. The number of hydrogen-bond donors (Lipinski definition) is 1. The molecule has 3 rings (SSSR count). The van der Waals surface area contributed by atoms with Gasteiger partial charge in [0.25, 0.3) is 0 Å². The van der Waals surface area contributed by atoms with E-state index in [9.17, 15) is 0 Å². The summed E-state index contributed by atoms with van der Waals surface area (Å²) in [6.45, 7) is 8.79. The fraction of sp³-hybridized carbons (Fsp3) is 0.600. The summed E-state index contributed by atoms with van der Waals surface area (Å²) < 4.78 is 1.97. The van der Waals surface area contributed by atoms with E-state index >= 15 is 0 Å². The molecule has 5 heteroatoms. The van der Waals surface area contributed by atoms with Gasteiger partial charge in [-0.25, -0.2) is 4.98 Å². The summed E-state index contributed by atoms with van der Waals surface area (Å²) in [5, 5.41) is 5.45. The molecule has 0 aliphatic heterocycles. The van der Waals surface area contributed by atoms with Crippen molar-refractivity contribution in [2.24, 2.45) is 11.1 Å². The van der Waals surface area contributed by atoms with Gasteiger partial charge in [0, 0.05) is 28.7 Å². The van der Waals surface area contributed by atoms with Gasteiger partial charge < -0.3 is 5.73 Å². The van der Waals surface area contributed by atoms with Crippen molar-refractivity contribution in [1.29, 1.82) is 0 Å². The summed E-state index contributed by atoms with van der Waals surface area (Å²) in [4.78, 5) is 6.09. The van der Waals surface area contributed by atoms with Crippen LogP contribution in [0.3, 0.4) is 0 Å². The van der Waals surface area contributed by atoms with Crippen molar-refractivity contribution in [1.82, 2.24) is 14.8 Å². The van der Waals surface area contributed by atoms with Crippen LogP contribution in [0.1, 0.15) is 56.8 Å². The van der Waals surface area contributed by atoms with Gasteiger partial charge in [0.05, 0.1) is 11.9 Å². The molecule has 1 aliphatic carbocycles. The van der Waals surface area contributed by atoms with Crippen LogP contribution in [0.5, 0.6) is 0 Å². The number of rotatable bonds is 2. The summed E-state index contributed by atoms with van der Waals surface area (Å²) in [6.07, 6.45) is 6.03. The molecule has 0 amide bonds. The molecule has 2 N–H and O–H groups in total. The highest BCUT2D eigenvalue weighted by Gasteiger charge is 2.33. The highest BCUT2D eigenvalue weighted by Crippen LogP contribution is 2.43. The SMILES string of the molecule is CC(C)n1cc(-c2nc3c(s2)C(N)CC(C)(C)C3)cn1. The Morgan fingerprint density at radius 2 is 2.20 bits per heavy atom. The molecule has 0 saturated heterocycles. The third kappa shape index (κ3) is 2.40. The lowest BCUT2D eigenvalue weighted by Gasteiger charge is -2.32. The summed E-state index contributed by atoms with van der Waals surface area (Å²) in [7, 11) is 0. The van der Waals surface area contributed by atoms with E-state index in [0.717, 1.165) is 23.4 Å². The average Bonchev–Trinajstić information content (AvgIpc) is 2.91. The van der Waals surface area contributed by atoms with Gasteiger partial charge in [-0.3, -0.25) is 4.68 Å². The van der Waals surface area contributed by atoms with Crippen LogP contribution in [-0.2, 0) is 6.42 Å². The highest BCUT2D eigenvalue weighted by molar-refractivity contribution is 7.15. The lowest BCUT2D eigenvalue weighted by atomic mass is 9.77. The molecule has 0 aromatic carbocycles. The minimum absolute atomic E-state index is 0.125. The quantitative estimate of drug-likeness (QED) is 0.920.